The highest BCUT2D eigenvalue weighted by molar-refractivity contribution is 7.14. The average molecular weight is 240 g/mol. The second-order valence-corrected chi connectivity index (χ2v) is 4.72. The Labute approximate surface area is 97.2 Å². The van der Waals surface area contributed by atoms with Crippen molar-refractivity contribution in [3.8, 4) is 0 Å². The van der Waals surface area contributed by atoms with Crippen molar-refractivity contribution in [1.82, 2.24) is 9.97 Å². The van der Waals surface area contributed by atoms with Crippen LogP contribution in [0, 0.1) is 0 Å². The van der Waals surface area contributed by atoms with Gasteiger partial charge >= 0.3 is 0 Å². The van der Waals surface area contributed by atoms with Crippen LogP contribution in [0.15, 0.2) is 30.2 Å². The molecule has 15 heavy (non-hydrogen) atoms. The summed E-state index contributed by atoms with van der Waals surface area (Å²) in [4.78, 5) is 7.88. The molecule has 2 rings (SSSR count). The van der Waals surface area contributed by atoms with Gasteiger partial charge in [0.1, 0.15) is 6.33 Å². The molecule has 0 saturated carbocycles. The van der Waals surface area contributed by atoms with E-state index in [1.54, 1.807) is 12.4 Å². The molecule has 2 heterocycles. The van der Waals surface area contributed by atoms with Crippen LogP contribution in [0.4, 0.5) is 5.69 Å². The highest BCUT2D eigenvalue weighted by Crippen LogP contribution is 2.26. The molecule has 1 atom stereocenters. The first-order valence-corrected chi connectivity index (χ1v) is 5.77. The summed E-state index contributed by atoms with van der Waals surface area (Å²) < 4.78 is 0.808. The third-order valence-electron chi connectivity index (χ3n) is 2.03. The summed E-state index contributed by atoms with van der Waals surface area (Å²) in [7, 11) is 0. The minimum Gasteiger partial charge on any atom is -0.376 e. The molecule has 0 fully saturated rings. The molecule has 0 aliphatic carbocycles. The number of nitrogens with one attached hydrogen (secondary N) is 1. The van der Waals surface area contributed by atoms with E-state index in [1.165, 1.54) is 23.2 Å². The van der Waals surface area contributed by atoms with Crippen LogP contribution in [0.25, 0.3) is 0 Å². The summed E-state index contributed by atoms with van der Waals surface area (Å²) in [5.74, 6) is 0. The van der Waals surface area contributed by atoms with Crippen LogP contribution in [0.5, 0.6) is 0 Å². The molecular formula is C10H10ClN3S. The van der Waals surface area contributed by atoms with Gasteiger partial charge in [-0.2, -0.15) is 0 Å². The zero-order chi connectivity index (χ0) is 10.7. The predicted molar refractivity (Wildman–Crippen MR) is 63.4 cm³/mol. The van der Waals surface area contributed by atoms with Gasteiger partial charge in [-0.25, -0.2) is 9.97 Å². The van der Waals surface area contributed by atoms with Gasteiger partial charge in [0.25, 0.3) is 0 Å². The Hall–Kier alpha value is -1.13. The number of hydrogen-bond acceptors (Lipinski definition) is 4. The molecule has 1 N–H and O–H groups in total. The normalized spacial score (nSPS) is 12.4. The highest BCUT2D eigenvalue weighted by atomic mass is 35.5. The van der Waals surface area contributed by atoms with Crippen LogP contribution in [-0.2, 0) is 0 Å². The van der Waals surface area contributed by atoms with Gasteiger partial charge in [-0.15, -0.1) is 11.3 Å². The fourth-order valence-electron chi connectivity index (χ4n) is 1.26. The molecule has 0 radical (unpaired) electrons. The highest BCUT2D eigenvalue weighted by Gasteiger charge is 2.07. The third kappa shape index (κ3) is 2.67. The summed E-state index contributed by atoms with van der Waals surface area (Å²) in [6, 6.07) is 2.17. The average Bonchev–Trinajstić information content (AvgIpc) is 2.66. The lowest BCUT2D eigenvalue weighted by Gasteiger charge is -2.12. The van der Waals surface area contributed by atoms with Gasteiger partial charge in [-0.3, -0.25) is 0 Å². The van der Waals surface area contributed by atoms with Crippen LogP contribution in [0.2, 0.25) is 4.34 Å². The Kier molecular flexibility index (Phi) is 3.18. The number of nitrogens with zero attached hydrogens (tertiary/aromatic N) is 2. The van der Waals surface area contributed by atoms with Crippen LogP contribution in [-0.4, -0.2) is 9.97 Å². The predicted octanol–water partition coefficient (Wildman–Crippen LogP) is 3.36. The number of anilines is 1. The third-order valence-corrected chi connectivity index (χ3v) is 3.14. The van der Waals surface area contributed by atoms with Crippen LogP contribution < -0.4 is 5.32 Å². The van der Waals surface area contributed by atoms with E-state index in [4.69, 9.17) is 11.6 Å². The zero-order valence-corrected chi connectivity index (χ0v) is 9.72. The summed E-state index contributed by atoms with van der Waals surface area (Å²) in [5.41, 5.74) is 2.08. The number of aromatic nitrogens is 2. The molecule has 0 aromatic carbocycles. The van der Waals surface area contributed by atoms with E-state index in [2.05, 4.69) is 22.2 Å². The Bertz CT molecular complexity index is 429. The smallest absolute Gasteiger partial charge is 0.115 e. The lowest BCUT2D eigenvalue weighted by Crippen LogP contribution is -2.05. The van der Waals surface area contributed by atoms with Crippen molar-refractivity contribution in [3.05, 3.63) is 40.1 Å². The molecule has 78 valence electrons. The van der Waals surface area contributed by atoms with Crippen molar-refractivity contribution >= 4 is 28.6 Å². The van der Waals surface area contributed by atoms with Crippen molar-refractivity contribution in [1.29, 1.82) is 0 Å². The molecule has 5 heteroatoms. The van der Waals surface area contributed by atoms with Crippen LogP contribution >= 0.6 is 22.9 Å². The maximum Gasteiger partial charge on any atom is 0.115 e. The summed E-state index contributed by atoms with van der Waals surface area (Å²) >= 11 is 7.41. The molecular weight excluding hydrogens is 230 g/mol. The van der Waals surface area contributed by atoms with E-state index in [-0.39, 0.29) is 6.04 Å². The fraction of sp³-hybridized carbons (Fsp3) is 0.200. The standard InChI is InChI=1S/C10H10ClN3S/c1-7(8-2-10(11)15-5-8)14-9-3-12-6-13-4-9/h2-7,14H,1H3. The monoisotopic (exact) mass is 239 g/mol. The van der Waals surface area contributed by atoms with Gasteiger partial charge in [0, 0.05) is 6.04 Å². The molecule has 1 unspecified atom stereocenters. The largest absolute Gasteiger partial charge is 0.376 e. The molecule has 2 aromatic rings. The first-order valence-electron chi connectivity index (χ1n) is 4.51. The van der Waals surface area contributed by atoms with Gasteiger partial charge in [-0.1, -0.05) is 11.6 Å². The van der Waals surface area contributed by atoms with Crippen LogP contribution in [0.1, 0.15) is 18.5 Å². The Balaban J connectivity index is 2.07. The SMILES string of the molecule is CC(Nc1cncnc1)c1csc(Cl)c1. The van der Waals surface area contributed by atoms with Crippen molar-refractivity contribution in [3.63, 3.8) is 0 Å². The first kappa shape index (κ1) is 10.4. The topological polar surface area (TPSA) is 37.8 Å². The maximum absolute atomic E-state index is 5.87. The molecule has 0 bridgehead atoms. The van der Waals surface area contributed by atoms with Gasteiger partial charge in [-0.05, 0) is 23.9 Å². The van der Waals surface area contributed by atoms with E-state index in [0.717, 1.165) is 10.0 Å². The zero-order valence-electron chi connectivity index (χ0n) is 8.14. The molecule has 0 saturated heterocycles. The van der Waals surface area contributed by atoms with E-state index < -0.39 is 0 Å². The van der Waals surface area contributed by atoms with Crippen LogP contribution in [0.3, 0.4) is 0 Å². The second kappa shape index (κ2) is 4.59. The number of thiophene rings is 1. The Morgan fingerprint density at radius 3 is 2.73 bits per heavy atom. The second-order valence-electron chi connectivity index (χ2n) is 3.18. The van der Waals surface area contributed by atoms with Gasteiger partial charge < -0.3 is 5.32 Å². The minimum absolute atomic E-state index is 0.208. The van der Waals surface area contributed by atoms with E-state index in [0.29, 0.717) is 0 Å². The Morgan fingerprint density at radius 2 is 2.13 bits per heavy atom. The van der Waals surface area contributed by atoms with Gasteiger partial charge in [0.2, 0.25) is 0 Å². The molecule has 0 aliphatic heterocycles. The summed E-state index contributed by atoms with van der Waals surface area (Å²) in [6.07, 6.45) is 5.01. The van der Waals surface area contributed by atoms with Crippen molar-refractivity contribution < 1.29 is 0 Å². The lowest BCUT2D eigenvalue weighted by molar-refractivity contribution is 0.885. The Morgan fingerprint density at radius 1 is 1.40 bits per heavy atom. The van der Waals surface area contributed by atoms with Gasteiger partial charge in [0.15, 0.2) is 0 Å². The lowest BCUT2D eigenvalue weighted by atomic mass is 10.2. The fourth-order valence-corrected chi connectivity index (χ4v) is 2.24. The number of rotatable bonds is 3. The van der Waals surface area contributed by atoms with Gasteiger partial charge in [0.05, 0.1) is 22.4 Å². The van der Waals surface area contributed by atoms with Crippen molar-refractivity contribution in [2.75, 3.05) is 5.32 Å². The van der Waals surface area contributed by atoms with E-state index in [1.807, 2.05) is 11.4 Å². The minimum atomic E-state index is 0.208. The van der Waals surface area contributed by atoms with Crippen molar-refractivity contribution in [2.24, 2.45) is 0 Å². The summed E-state index contributed by atoms with van der Waals surface area (Å²) in [5, 5.41) is 5.34. The first-order chi connectivity index (χ1) is 7.25. The number of hydrogen-bond donors (Lipinski definition) is 1. The molecule has 0 aliphatic rings. The molecule has 2 aromatic heterocycles. The van der Waals surface area contributed by atoms with Crippen molar-refractivity contribution in [2.45, 2.75) is 13.0 Å². The molecule has 0 amide bonds. The molecule has 3 nitrogen and oxygen atoms in total. The number of halogens is 1. The molecule has 0 spiro atoms. The quantitative estimate of drug-likeness (QED) is 0.893. The van der Waals surface area contributed by atoms with E-state index in [9.17, 15) is 0 Å². The summed E-state index contributed by atoms with van der Waals surface area (Å²) in [6.45, 7) is 2.07. The maximum atomic E-state index is 5.87. The van der Waals surface area contributed by atoms with E-state index >= 15 is 0 Å².